The minimum absolute atomic E-state index is 0. The smallest absolute Gasteiger partial charge is 0.0149 e. The van der Waals surface area contributed by atoms with Gasteiger partial charge in [0, 0.05) is 0 Å². The summed E-state index contributed by atoms with van der Waals surface area (Å²) in [4.78, 5) is 0. The van der Waals surface area contributed by atoms with Gasteiger partial charge in [0.05, 0.1) is 0 Å². The molecule has 0 heterocycles. The van der Waals surface area contributed by atoms with Gasteiger partial charge in [-0.05, 0) is 54.5 Å². The summed E-state index contributed by atoms with van der Waals surface area (Å²) in [5.74, 6) is 0. The van der Waals surface area contributed by atoms with Crippen molar-refractivity contribution in [2.45, 2.75) is 53.9 Å². The maximum Gasteiger partial charge on any atom is -0.0149 e. The third kappa shape index (κ3) is 2.75. The van der Waals surface area contributed by atoms with Crippen molar-refractivity contribution in [3.63, 3.8) is 0 Å². The van der Waals surface area contributed by atoms with Crippen molar-refractivity contribution in [2.75, 3.05) is 0 Å². The van der Waals surface area contributed by atoms with Crippen LogP contribution < -0.4 is 0 Å². The fourth-order valence-corrected chi connectivity index (χ4v) is 2.71. The van der Waals surface area contributed by atoms with Crippen LogP contribution in [0.3, 0.4) is 0 Å². The molecular formula is C18H26. The van der Waals surface area contributed by atoms with Crippen molar-refractivity contribution in [3.05, 3.63) is 47.0 Å². The second-order valence-corrected chi connectivity index (χ2v) is 4.63. The lowest BCUT2D eigenvalue weighted by Gasteiger charge is -2.18. The lowest BCUT2D eigenvalue weighted by Crippen LogP contribution is -2.02. The van der Waals surface area contributed by atoms with E-state index < -0.39 is 0 Å². The Morgan fingerprint density at radius 1 is 0.889 bits per heavy atom. The highest BCUT2D eigenvalue weighted by Crippen LogP contribution is 2.29. The van der Waals surface area contributed by atoms with Gasteiger partial charge in [0.2, 0.25) is 0 Å². The summed E-state index contributed by atoms with van der Waals surface area (Å²) < 4.78 is 0. The quantitative estimate of drug-likeness (QED) is 0.556. The lowest BCUT2D eigenvalue weighted by atomic mass is 9.87. The Kier molecular flexibility index (Phi) is 5.40. The molecule has 0 heteroatoms. The summed E-state index contributed by atoms with van der Waals surface area (Å²) in [6.07, 6.45) is 5.28. The zero-order valence-electron chi connectivity index (χ0n) is 11.2. The number of rotatable bonds is 0. The normalized spacial score (nSPS) is 13.1. The molecule has 0 nitrogen and oxygen atoms in total. The molecule has 0 saturated heterocycles. The minimum atomic E-state index is 0. The molecule has 18 heavy (non-hydrogen) atoms. The van der Waals surface area contributed by atoms with E-state index >= 15 is 0 Å². The fraction of sp³-hybridized carbons (Fsp3) is 0.444. The molecule has 2 aromatic carbocycles. The number of hydrogen-bond acceptors (Lipinski definition) is 0. The first-order chi connectivity index (χ1) is 8.34. The Morgan fingerprint density at radius 2 is 1.61 bits per heavy atom. The molecule has 0 aliphatic heterocycles. The molecule has 3 rings (SSSR count). The Balaban J connectivity index is 0.000000516. The lowest BCUT2D eigenvalue weighted by molar-refractivity contribution is 0.690. The molecule has 0 bridgehead atoms. The highest BCUT2D eigenvalue weighted by Gasteiger charge is 2.11. The number of hydrogen-bond donors (Lipinski definition) is 0. The predicted octanol–water partition coefficient (Wildman–Crippen LogP) is 5.69. The Morgan fingerprint density at radius 3 is 2.39 bits per heavy atom. The maximum atomic E-state index is 2.33. The largest absolute Gasteiger partial charge is 0.0776 e. The zero-order chi connectivity index (χ0) is 12.3. The highest BCUT2D eigenvalue weighted by atomic mass is 14.2. The van der Waals surface area contributed by atoms with E-state index in [9.17, 15) is 0 Å². The average Bonchev–Trinajstić information content (AvgIpc) is 2.40. The summed E-state index contributed by atoms with van der Waals surface area (Å²) in [5.41, 5.74) is 4.55. The van der Waals surface area contributed by atoms with Crippen LogP contribution in [0, 0.1) is 6.92 Å². The molecule has 0 saturated carbocycles. The second-order valence-electron chi connectivity index (χ2n) is 4.63. The summed E-state index contributed by atoms with van der Waals surface area (Å²) in [6, 6.07) is 11.4. The second kappa shape index (κ2) is 6.58. The third-order valence-electron chi connectivity index (χ3n) is 3.51. The number of benzene rings is 2. The van der Waals surface area contributed by atoms with Gasteiger partial charge in [-0.1, -0.05) is 57.2 Å². The molecule has 0 aromatic heterocycles. The van der Waals surface area contributed by atoms with Gasteiger partial charge in [-0.3, -0.25) is 0 Å². The molecule has 2 aromatic rings. The molecule has 1 aliphatic rings. The van der Waals surface area contributed by atoms with Crippen LogP contribution >= 0.6 is 0 Å². The van der Waals surface area contributed by atoms with Crippen molar-refractivity contribution in [1.29, 1.82) is 0 Å². The molecule has 0 N–H and O–H groups in total. The van der Waals surface area contributed by atoms with Crippen LogP contribution in [0.1, 0.15) is 50.8 Å². The van der Waals surface area contributed by atoms with E-state index in [0.717, 1.165) is 0 Å². The Bertz CT molecular complexity index is 509. The zero-order valence-corrected chi connectivity index (χ0v) is 11.2. The van der Waals surface area contributed by atoms with Crippen molar-refractivity contribution in [3.8, 4) is 0 Å². The maximum absolute atomic E-state index is 2.33. The van der Waals surface area contributed by atoms with Gasteiger partial charge >= 0.3 is 0 Å². The third-order valence-corrected chi connectivity index (χ3v) is 3.51. The molecule has 0 atom stereocenters. The van der Waals surface area contributed by atoms with E-state index in [1.807, 2.05) is 13.8 Å². The molecule has 0 fully saturated rings. The van der Waals surface area contributed by atoms with Gasteiger partial charge in [-0.2, -0.15) is 0 Å². The Labute approximate surface area is 112 Å². The molecular weight excluding hydrogens is 216 g/mol. The molecule has 0 amide bonds. The van der Waals surface area contributed by atoms with E-state index in [1.54, 1.807) is 11.1 Å². The molecule has 98 valence electrons. The first kappa shape index (κ1) is 14.8. The first-order valence-corrected chi connectivity index (χ1v) is 6.86. The molecule has 0 spiro atoms. The Hall–Kier alpha value is -1.30. The van der Waals surface area contributed by atoms with Crippen molar-refractivity contribution in [1.82, 2.24) is 0 Å². The fourth-order valence-electron chi connectivity index (χ4n) is 2.71. The molecule has 0 radical (unpaired) electrons. The van der Waals surface area contributed by atoms with E-state index in [2.05, 4.69) is 37.3 Å². The minimum Gasteiger partial charge on any atom is -0.0776 e. The van der Waals surface area contributed by atoms with E-state index in [4.69, 9.17) is 0 Å². The van der Waals surface area contributed by atoms with Crippen LogP contribution in [-0.2, 0) is 12.8 Å². The van der Waals surface area contributed by atoms with Crippen LogP contribution in [0.15, 0.2) is 30.3 Å². The average molecular weight is 242 g/mol. The van der Waals surface area contributed by atoms with Crippen LogP contribution in [0.25, 0.3) is 10.8 Å². The van der Waals surface area contributed by atoms with Gasteiger partial charge in [0.15, 0.2) is 0 Å². The van der Waals surface area contributed by atoms with Gasteiger partial charge in [0.1, 0.15) is 0 Å². The van der Waals surface area contributed by atoms with Gasteiger partial charge < -0.3 is 0 Å². The summed E-state index contributed by atoms with van der Waals surface area (Å²) in [5, 5.41) is 2.90. The van der Waals surface area contributed by atoms with Crippen molar-refractivity contribution < 1.29 is 0 Å². The SMILES string of the molecule is C.CC.Cc1ccc2c3c(ccc2c1)CCCC3. The molecule has 1 aliphatic carbocycles. The first-order valence-electron chi connectivity index (χ1n) is 6.86. The van der Waals surface area contributed by atoms with Gasteiger partial charge in [-0.25, -0.2) is 0 Å². The van der Waals surface area contributed by atoms with E-state index in [-0.39, 0.29) is 7.43 Å². The van der Waals surface area contributed by atoms with E-state index in [1.165, 1.54) is 42.0 Å². The van der Waals surface area contributed by atoms with Crippen LogP contribution in [0.5, 0.6) is 0 Å². The van der Waals surface area contributed by atoms with Crippen LogP contribution in [-0.4, -0.2) is 0 Å². The highest BCUT2D eigenvalue weighted by molar-refractivity contribution is 5.87. The number of aryl methyl sites for hydroxylation is 3. The topological polar surface area (TPSA) is 0 Å². The van der Waals surface area contributed by atoms with Gasteiger partial charge in [-0.15, -0.1) is 0 Å². The van der Waals surface area contributed by atoms with Crippen molar-refractivity contribution in [2.24, 2.45) is 0 Å². The van der Waals surface area contributed by atoms with Crippen molar-refractivity contribution >= 4 is 10.8 Å². The monoisotopic (exact) mass is 242 g/mol. The summed E-state index contributed by atoms with van der Waals surface area (Å²) >= 11 is 0. The van der Waals surface area contributed by atoms with Gasteiger partial charge in [0.25, 0.3) is 0 Å². The summed E-state index contributed by atoms with van der Waals surface area (Å²) in [6.45, 7) is 6.17. The molecule has 0 unspecified atom stereocenters. The van der Waals surface area contributed by atoms with Crippen LogP contribution in [0.4, 0.5) is 0 Å². The van der Waals surface area contributed by atoms with Crippen LogP contribution in [0.2, 0.25) is 0 Å². The summed E-state index contributed by atoms with van der Waals surface area (Å²) in [7, 11) is 0. The standard InChI is InChI=1S/C15H16.C2H6.CH4/c1-11-6-9-15-13(10-11)8-7-12-4-2-3-5-14(12)15;1-2;/h6-10H,2-5H2,1H3;1-2H3;1H4. The number of fused-ring (bicyclic) bond motifs is 3. The predicted molar refractivity (Wildman–Crippen MR) is 83.4 cm³/mol. The van der Waals surface area contributed by atoms with E-state index in [0.29, 0.717) is 0 Å².